The van der Waals surface area contributed by atoms with Crippen LogP contribution in [0.4, 0.5) is 0 Å². The molecular formula is C15H20O. The average Bonchev–Trinajstić information content (AvgIpc) is 2.28. The number of rotatable bonds is 3. The molecule has 86 valence electrons. The van der Waals surface area contributed by atoms with Crippen molar-refractivity contribution in [3.05, 3.63) is 35.4 Å². The first-order valence-corrected chi connectivity index (χ1v) is 6.18. The summed E-state index contributed by atoms with van der Waals surface area (Å²) in [7, 11) is 0. The van der Waals surface area contributed by atoms with Crippen LogP contribution in [0, 0.1) is 5.41 Å². The third-order valence-corrected chi connectivity index (χ3v) is 3.90. The lowest BCUT2D eigenvalue weighted by Gasteiger charge is -2.42. The summed E-state index contributed by atoms with van der Waals surface area (Å²) in [5.74, 6) is 0.825. The predicted octanol–water partition coefficient (Wildman–Crippen LogP) is 3.72. The van der Waals surface area contributed by atoms with Gasteiger partial charge in [0.05, 0.1) is 0 Å². The zero-order chi connectivity index (χ0) is 11.8. The largest absolute Gasteiger partial charge is 0.299 e. The zero-order valence-electron chi connectivity index (χ0n) is 10.4. The molecule has 0 amide bonds. The van der Waals surface area contributed by atoms with Crippen molar-refractivity contribution in [2.45, 2.75) is 46.0 Å². The van der Waals surface area contributed by atoms with Gasteiger partial charge in [0.1, 0.15) is 5.78 Å². The Bertz CT molecular complexity index is 386. The van der Waals surface area contributed by atoms with Crippen LogP contribution >= 0.6 is 0 Å². The minimum Gasteiger partial charge on any atom is -0.299 e. The molecule has 1 saturated carbocycles. The quantitative estimate of drug-likeness (QED) is 0.752. The van der Waals surface area contributed by atoms with Gasteiger partial charge in [0.2, 0.25) is 0 Å². The molecule has 0 heterocycles. The van der Waals surface area contributed by atoms with Gasteiger partial charge < -0.3 is 0 Å². The summed E-state index contributed by atoms with van der Waals surface area (Å²) < 4.78 is 0. The summed E-state index contributed by atoms with van der Waals surface area (Å²) in [4.78, 5) is 11.5. The van der Waals surface area contributed by atoms with E-state index < -0.39 is 0 Å². The highest BCUT2D eigenvalue weighted by molar-refractivity contribution is 5.92. The molecule has 16 heavy (non-hydrogen) atoms. The molecule has 1 aliphatic carbocycles. The fourth-order valence-electron chi connectivity index (χ4n) is 2.51. The van der Waals surface area contributed by atoms with Crippen LogP contribution in [0.25, 0.3) is 0 Å². The third kappa shape index (κ3) is 1.79. The first-order chi connectivity index (χ1) is 7.55. The smallest absolute Gasteiger partial charge is 0.139 e. The van der Waals surface area contributed by atoms with Crippen molar-refractivity contribution in [1.29, 1.82) is 0 Å². The maximum atomic E-state index is 11.5. The Labute approximate surface area is 97.9 Å². The van der Waals surface area contributed by atoms with Gasteiger partial charge in [-0.3, -0.25) is 4.79 Å². The van der Waals surface area contributed by atoms with E-state index in [0.29, 0.717) is 11.7 Å². The van der Waals surface area contributed by atoms with Crippen LogP contribution in [-0.2, 0) is 11.2 Å². The Morgan fingerprint density at radius 2 is 1.88 bits per heavy atom. The minimum atomic E-state index is -0.147. The Balaban J connectivity index is 2.14. The summed E-state index contributed by atoms with van der Waals surface area (Å²) in [6.45, 7) is 6.31. The SMILES string of the molecule is CCCc1ccc(C2CC(=O)C2(C)C)cc1. The van der Waals surface area contributed by atoms with Crippen LogP contribution < -0.4 is 0 Å². The monoisotopic (exact) mass is 216 g/mol. The van der Waals surface area contributed by atoms with Crippen molar-refractivity contribution in [3.8, 4) is 0 Å². The Morgan fingerprint density at radius 1 is 1.25 bits per heavy atom. The topological polar surface area (TPSA) is 17.1 Å². The average molecular weight is 216 g/mol. The van der Waals surface area contributed by atoms with Gasteiger partial charge in [0.25, 0.3) is 0 Å². The van der Waals surface area contributed by atoms with E-state index in [2.05, 4.69) is 45.0 Å². The number of carbonyl (C=O) groups excluding carboxylic acids is 1. The summed E-state index contributed by atoms with van der Waals surface area (Å²) in [6, 6.07) is 8.81. The Morgan fingerprint density at radius 3 is 2.31 bits per heavy atom. The number of benzene rings is 1. The third-order valence-electron chi connectivity index (χ3n) is 3.90. The van der Waals surface area contributed by atoms with Crippen molar-refractivity contribution < 1.29 is 4.79 Å². The molecule has 0 aliphatic heterocycles. The van der Waals surface area contributed by atoms with Crippen LogP contribution in [0.2, 0.25) is 0 Å². The van der Waals surface area contributed by atoms with Crippen molar-refractivity contribution in [3.63, 3.8) is 0 Å². The molecule has 1 unspecified atom stereocenters. The second-order valence-corrected chi connectivity index (χ2v) is 5.39. The van der Waals surface area contributed by atoms with Crippen LogP contribution in [-0.4, -0.2) is 5.78 Å². The second-order valence-electron chi connectivity index (χ2n) is 5.39. The molecule has 1 aliphatic rings. The highest BCUT2D eigenvalue weighted by atomic mass is 16.1. The van der Waals surface area contributed by atoms with Crippen LogP contribution in [0.15, 0.2) is 24.3 Å². The number of Topliss-reactive ketones (excluding diaryl/α,β-unsaturated/α-hetero) is 1. The van der Waals surface area contributed by atoms with E-state index in [1.54, 1.807) is 0 Å². The Kier molecular flexibility index (Phi) is 2.88. The maximum absolute atomic E-state index is 11.5. The first kappa shape index (κ1) is 11.4. The molecule has 0 bridgehead atoms. The highest BCUT2D eigenvalue weighted by Gasteiger charge is 2.47. The van der Waals surface area contributed by atoms with Crippen molar-refractivity contribution >= 4 is 5.78 Å². The molecule has 2 rings (SSSR count). The second kappa shape index (κ2) is 4.04. The van der Waals surface area contributed by atoms with E-state index in [4.69, 9.17) is 0 Å². The van der Waals surface area contributed by atoms with Gasteiger partial charge in [-0.15, -0.1) is 0 Å². The number of hydrogen-bond donors (Lipinski definition) is 0. The molecule has 0 N–H and O–H groups in total. The highest BCUT2D eigenvalue weighted by Crippen LogP contribution is 2.49. The lowest BCUT2D eigenvalue weighted by atomic mass is 9.59. The summed E-state index contributed by atoms with van der Waals surface area (Å²) in [5, 5.41) is 0. The number of carbonyl (C=O) groups is 1. The minimum absolute atomic E-state index is 0.147. The van der Waals surface area contributed by atoms with Gasteiger partial charge in [-0.25, -0.2) is 0 Å². The molecular weight excluding hydrogens is 196 g/mol. The van der Waals surface area contributed by atoms with E-state index in [0.717, 1.165) is 12.8 Å². The van der Waals surface area contributed by atoms with Crippen molar-refractivity contribution in [2.75, 3.05) is 0 Å². The van der Waals surface area contributed by atoms with E-state index in [-0.39, 0.29) is 5.41 Å². The molecule has 0 radical (unpaired) electrons. The molecule has 1 aromatic carbocycles. The zero-order valence-corrected chi connectivity index (χ0v) is 10.4. The van der Waals surface area contributed by atoms with Gasteiger partial charge >= 0.3 is 0 Å². The number of aryl methyl sites for hydroxylation is 1. The number of hydrogen-bond acceptors (Lipinski definition) is 1. The van der Waals surface area contributed by atoms with Gasteiger partial charge in [-0.1, -0.05) is 51.5 Å². The molecule has 1 fully saturated rings. The fraction of sp³-hybridized carbons (Fsp3) is 0.533. The molecule has 0 aromatic heterocycles. The molecule has 1 atom stereocenters. The van der Waals surface area contributed by atoms with Gasteiger partial charge in [-0.05, 0) is 17.5 Å². The predicted molar refractivity (Wildman–Crippen MR) is 66.6 cm³/mol. The van der Waals surface area contributed by atoms with Crippen LogP contribution in [0.1, 0.15) is 50.7 Å². The normalized spacial score (nSPS) is 22.9. The van der Waals surface area contributed by atoms with E-state index in [1.807, 2.05) is 0 Å². The van der Waals surface area contributed by atoms with E-state index in [1.165, 1.54) is 17.5 Å². The lowest BCUT2D eigenvalue weighted by Crippen LogP contribution is -2.43. The summed E-state index contributed by atoms with van der Waals surface area (Å²) in [5.41, 5.74) is 2.57. The van der Waals surface area contributed by atoms with E-state index in [9.17, 15) is 4.79 Å². The van der Waals surface area contributed by atoms with Crippen molar-refractivity contribution in [2.24, 2.45) is 5.41 Å². The standard InChI is InChI=1S/C15H20O/c1-4-5-11-6-8-12(9-7-11)13-10-14(16)15(13,2)3/h6-9,13H,4-5,10H2,1-3H3. The molecule has 0 spiro atoms. The molecule has 1 aromatic rings. The maximum Gasteiger partial charge on any atom is 0.139 e. The summed E-state index contributed by atoms with van der Waals surface area (Å²) in [6.07, 6.45) is 3.06. The fourth-order valence-corrected chi connectivity index (χ4v) is 2.51. The number of ketones is 1. The van der Waals surface area contributed by atoms with Crippen LogP contribution in [0.5, 0.6) is 0 Å². The van der Waals surface area contributed by atoms with Gasteiger partial charge in [0, 0.05) is 17.8 Å². The molecule has 1 nitrogen and oxygen atoms in total. The van der Waals surface area contributed by atoms with Crippen molar-refractivity contribution in [1.82, 2.24) is 0 Å². The summed E-state index contributed by atoms with van der Waals surface area (Å²) >= 11 is 0. The Hall–Kier alpha value is -1.11. The molecule has 0 saturated heterocycles. The lowest BCUT2D eigenvalue weighted by molar-refractivity contribution is -0.137. The van der Waals surface area contributed by atoms with Crippen LogP contribution in [0.3, 0.4) is 0 Å². The van der Waals surface area contributed by atoms with Gasteiger partial charge in [-0.2, -0.15) is 0 Å². The molecule has 1 heteroatoms. The van der Waals surface area contributed by atoms with Gasteiger partial charge in [0.15, 0.2) is 0 Å². The van der Waals surface area contributed by atoms with E-state index >= 15 is 0 Å². The first-order valence-electron chi connectivity index (χ1n) is 6.18.